The Morgan fingerprint density at radius 3 is 2.95 bits per heavy atom. The van der Waals surface area contributed by atoms with Gasteiger partial charge in [0.25, 0.3) is 5.91 Å². The van der Waals surface area contributed by atoms with E-state index in [1.165, 1.54) is 24.1 Å². The number of aromatic amines is 1. The Balaban J connectivity index is 2.14. The summed E-state index contributed by atoms with van der Waals surface area (Å²) in [5.74, 6) is -0.615. The molecule has 0 bridgehead atoms. The third-order valence-electron chi connectivity index (χ3n) is 3.00. The summed E-state index contributed by atoms with van der Waals surface area (Å²) in [5, 5.41) is 10.3. The van der Waals surface area contributed by atoms with Crippen molar-refractivity contribution in [2.45, 2.75) is 6.10 Å². The number of methoxy groups -OCH3 is 1. The molecule has 0 saturated heterocycles. The highest BCUT2D eigenvalue weighted by atomic mass is 19.1. The van der Waals surface area contributed by atoms with Crippen molar-refractivity contribution in [3.8, 4) is 0 Å². The van der Waals surface area contributed by atoms with Gasteiger partial charge in [-0.15, -0.1) is 0 Å². The van der Waals surface area contributed by atoms with Crippen molar-refractivity contribution >= 4 is 16.8 Å². The van der Waals surface area contributed by atoms with Gasteiger partial charge in [0.05, 0.1) is 12.7 Å². The number of benzene rings is 1. The van der Waals surface area contributed by atoms with Crippen LogP contribution in [-0.2, 0) is 4.74 Å². The molecule has 0 spiro atoms. The number of carbonyl (C=O) groups excluding carboxylic acids is 1. The van der Waals surface area contributed by atoms with Gasteiger partial charge in [-0.2, -0.15) is 0 Å². The lowest BCUT2D eigenvalue weighted by atomic mass is 10.2. The molecule has 0 aliphatic heterocycles. The number of nitrogens with one attached hydrogen (secondary N) is 1. The number of H-pyrrole nitrogens is 1. The van der Waals surface area contributed by atoms with E-state index in [0.717, 1.165) is 0 Å². The summed E-state index contributed by atoms with van der Waals surface area (Å²) in [6, 6.07) is 5.88. The molecule has 1 aromatic carbocycles. The molecule has 5 nitrogen and oxygen atoms in total. The first-order chi connectivity index (χ1) is 9.51. The van der Waals surface area contributed by atoms with Crippen molar-refractivity contribution < 1.29 is 19.0 Å². The molecule has 1 atom stereocenters. The van der Waals surface area contributed by atoms with E-state index in [-0.39, 0.29) is 24.9 Å². The zero-order valence-electron chi connectivity index (χ0n) is 11.4. The lowest BCUT2D eigenvalue weighted by molar-refractivity contribution is 0.0378. The highest BCUT2D eigenvalue weighted by molar-refractivity contribution is 5.97. The normalized spacial score (nSPS) is 12.6. The first kappa shape index (κ1) is 14.5. The van der Waals surface area contributed by atoms with Gasteiger partial charge >= 0.3 is 0 Å². The molecule has 108 valence electrons. The van der Waals surface area contributed by atoms with E-state index in [1.807, 2.05) is 0 Å². The molecule has 1 heterocycles. The molecule has 2 rings (SSSR count). The van der Waals surface area contributed by atoms with Crippen LogP contribution in [-0.4, -0.2) is 54.3 Å². The van der Waals surface area contributed by atoms with E-state index in [0.29, 0.717) is 16.6 Å². The minimum Gasteiger partial charge on any atom is -0.389 e. The van der Waals surface area contributed by atoms with Gasteiger partial charge in [-0.25, -0.2) is 4.39 Å². The molecular formula is C14H17FN2O3. The van der Waals surface area contributed by atoms with Crippen molar-refractivity contribution in [3.05, 3.63) is 35.8 Å². The van der Waals surface area contributed by atoms with Crippen LogP contribution in [0.3, 0.4) is 0 Å². The molecule has 6 heteroatoms. The molecule has 0 saturated carbocycles. The first-order valence-electron chi connectivity index (χ1n) is 6.22. The molecule has 2 aromatic rings. The Hall–Kier alpha value is -1.92. The van der Waals surface area contributed by atoms with Gasteiger partial charge in [0.15, 0.2) is 0 Å². The highest BCUT2D eigenvalue weighted by Gasteiger charge is 2.17. The smallest absolute Gasteiger partial charge is 0.270 e. The maximum absolute atomic E-state index is 13.1. The first-order valence-corrected chi connectivity index (χ1v) is 6.22. The number of likely N-dealkylation sites (N-methyl/N-ethyl adjacent to an activating group) is 1. The Morgan fingerprint density at radius 2 is 2.25 bits per heavy atom. The molecular weight excluding hydrogens is 263 g/mol. The second-order valence-electron chi connectivity index (χ2n) is 4.71. The number of aliphatic hydroxyl groups is 1. The number of fused-ring (bicyclic) bond motifs is 1. The number of aromatic nitrogens is 1. The molecule has 20 heavy (non-hydrogen) atoms. The summed E-state index contributed by atoms with van der Waals surface area (Å²) in [6.45, 7) is 0.325. The number of hydrogen-bond acceptors (Lipinski definition) is 3. The number of aliphatic hydroxyl groups excluding tert-OH is 1. The van der Waals surface area contributed by atoms with Crippen LogP contribution in [0.5, 0.6) is 0 Å². The topological polar surface area (TPSA) is 65.6 Å². The van der Waals surface area contributed by atoms with Crippen molar-refractivity contribution in [2.24, 2.45) is 0 Å². The van der Waals surface area contributed by atoms with Gasteiger partial charge in [-0.1, -0.05) is 0 Å². The minimum atomic E-state index is -0.740. The Kier molecular flexibility index (Phi) is 4.36. The number of amides is 1. The van der Waals surface area contributed by atoms with Crippen LogP contribution < -0.4 is 0 Å². The van der Waals surface area contributed by atoms with Gasteiger partial charge < -0.3 is 19.7 Å². The van der Waals surface area contributed by atoms with E-state index in [1.54, 1.807) is 19.2 Å². The predicted molar refractivity (Wildman–Crippen MR) is 73.1 cm³/mol. The summed E-state index contributed by atoms with van der Waals surface area (Å²) in [7, 11) is 3.07. The SMILES string of the molecule is COCC(O)CN(C)C(=O)c1cc2cc(F)ccc2[nH]1. The van der Waals surface area contributed by atoms with E-state index in [4.69, 9.17) is 4.74 Å². The van der Waals surface area contributed by atoms with Gasteiger partial charge in [0.2, 0.25) is 0 Å². The van der Waals surface area contributed by atoms with Crippen LogP contribution in [0.15, 0.2) is 24.3 Å². The number of halogens is 1. The largest absolute Gasteiger partial charge is 0.389 e. The third-order valence-corrected chi connectivity index (χ3v) is 3.00. The number of nitrogens with zero attached hydrogens (tertiary/aromatic N) is 1. The molecule has 1 amide bonds. The molecule has 1 unspecified atom stereocenters. The van der Waals surface area contributed by atoms with Crippen LogP contribution in [0.2, 0.25) is 0 Å². The van der Waals surface area contributed by atoms with Crippen molar-refractivity contribution in [1.29, 1.82) is 0 Å². The fourth-order valence-corrected chi connectivity index (χ4v) is 2.07. The number of hydrogen-bond donors (Lipinski definition) is 2. The molecule has 1 aromatic heterocycles. The lowest BCUT2D eigenvalue weighted by Gasteiger charge is -2.19. The highest BCUT2D eigenvalue weighted by Crippen LogP contribution is 2.17. The maximum atomic E-state index is 13.1. The standard InChI is InChI=1S/C14H17FN2O3/c1-17(7-11(18)8-20-2)14(19)13-6-9-5-10(15)3-4-12(9)16-13/h3-6,11,16,18H,7-8H2,1-2H3. The molecule has 2 N–H and O–H groups in total. The van der Waals surface area contributed by atoms with E-state index in [2.05, 4.69) is 4.98 Å². The molecule has 0 aliphatic carbocycles. The van der Waals surface area contributed by atoms with Gasteiger partial charge in [0.1, 0.15) is 11.5 Å². The maximum Gasteiger partial charge on any atom is 0.270 e. The van der Waals surface area contributed by atoms with E-state index >= 15 is 0 Å². The van der Waals surface area contributed by atoms with Crippen molar-refractivity contribution in [2.75, 3.05) is 27.3 Å². The van der Waals surface area contributed by atoms with Crippen LogP contribution in [0.4, 0.5) is 4.39 Å². The Morgan fingerprint density at radius 1 is 1.50 bits per heavy atom. The fraction of sp³-hybridized carbons (Fsp3) is 0.357. The van der Waals surface area contributed by atoms with Crippen molar-refractivity contribution in [1.82, 2.24) is 9.88 Å². The minimum absolute atomic E-state index is 0.162. The lowest BCUT2D eigenvalue weighted by Crippen LogP contribution is -2.36. The Bertz CT molecular complexity index is 611. The van der Waals surface area contributed by atoms with Crippen molar-refractivity contribution in [3.63, 3.8) is 0 Å². The summed E-state index contributed by atoms with van der Waals surface area (Å²) < 4.78 is 17.9. The number of carbonyl (C=O) groups is 1. The predicted octanol–water partition coefficient (Wildman–Crippen LogP) is 1.39. The second kappa shape index (κ2) is 6.02. The monoisotopic (exact) mass is 280 g/mol. The summed E-state index contributed by atoms with van der Waals surface area (Å²) in [4.78, 5) is 16.5. The summed E-state index contributed by atoms with van der Waals surface area (Å²) >= 11 is 0. The second-order valence-corrected chi connectivity index (χ2v) is 4.71. The Labute approximate surface area is 116 Å². The average Bonchev–Trinajstić information content (AvgIpc) is 2.80. The van der Waals surface area contributed by atoms with Gasteiger partial charge in [0, 0.05) is 31.6 Å². The van der Waals surface area contributed by atoms with E-state index < -0.39 is 6.10 Å². The zero-order chi connectivity index (χ0) is 14.7. The quantitative estimate of drug-likeness (QED) is 0.869. The fourth-order valence-electron chi connectivity index (χ4n) is 2.07. The summed E-state index contributed by atoms with van der Waals surface area (Å²) in [6.07, 6.45) is -0.740. The van der Waals surface area contributed by atoms with Crippen LogP contribution >= 0.6 is 0 Å². The number of ether oxygens (including phenoxy) is 1. The van der Waals surface area contributed by atoms with Gasteiger partial charge in [-0.3, -0.25) is 4.79 Å². The van der Waals surface area contributed by atoms with Crippen LogP contribution in [0.1, 0.15) is 10.5 Å². The van der Waals surface area contributed by atoms with Gasteiger partial charge in [-0.05, 0) is 24.3 Å². The van der Waals surface area contributed by atoms with E-state index in [9.17, 15) is 14.3 Å². The number of rotatable bonds is 5. The van der Waals surface area contributed by atoms with Crippen LogP contribution in [0.25, 0.3) is 10.9 Å². The molecule has 0 aliphatic rings. The third kappa shape index (κ3) is 3.15. The average molecular weight is 280 g/mol. The molecule has 0 radical (unpaired) electrons. The van der Waals surface area contributed by atoms with Crippen LogP contribution in [0, 0.1) is 5.82 Å². The zero-order valence-corrected chi connectivity index (χ0v) is 11.4. The molecule has 0 fully saturated rings. The summed E-state index contributed by atoms with van der Waals surface area (Å²) in [5.41, 5.74) is 1.05.